The van der Waals surface area contributed by atoms with Gasteiger partial charge < -0.3 is 5.32 Å². The van der Waals surface area contributed by atoms with Crippen LogP contribution >= 0.6 is 38.5 Å². The minimum Gasteiger partial charge on any atom is -0.369 e. The maximum absolute atomic E-state index is 13.3. The molecule has 0 atom stereocenters. The van der Waals surface area contributed by atoms with Crippen molar-refractivity contribution in [2.75, 3.05) is 11.9 Å². The summed E-state index contributed by atoms with van der Waals surface area (Å²) in [5, 5.41) is 3.26. The molecule has 0 aliphatic heterocycles. The quantitative estimate of drug-likeness (QED) is 0.633. The van der Waals surface area contributed by atoms with Crippen LogP contribution in [0.4, 0.5) is 10.2 Å². The van der Waals surface area contributed by atoms with E-state index in [4.69, 9.17) is 0 Å². The Kier molecular flexibility index (Phi) is 5.54. The normalized spacial score (nSPS) is 11.0. The lowest BCUT2D eigenvalue weighted by Crippen LogP contribution is -2.09. The van der Waals surface area contributed by atoms with Crippen molar-refractivity contribution in [3.63, 3.8) is 0 Å². The van der Waals surface area contributed by atoms with E-state index in [-0.39, 0.29) is 11.7 Å². The zero-order valence-corrected chi connectivity index (χ0v) is 15.8. The van der Waals surface area contributed by atoms with Crippen LogP contribution in [0.25, 0.3) is 11.4 Å². The molecule has 1 heterocycles. The van der Waals surface area contributed by atoms with Crippen LogP contribution < -0.4 is 5.32 Å². The molecule has 2 rings (SSSR count). The van der Waals surface area contributed by atoms with Gasteiger partial charge in [-0.1, -0.05) is 13.8 Å². The van der Waals surface area contributed by atoms with Gasteiger partial charge in [0.15, 0.2) is 5.82 Å². The van der Waals surface area contributed by atoms with Crippen molar-refractivity contribution >= 4 is 44.3 Å². The van der Waals surface area contributed by atoms with E-state index in [2.05, 4.69) is 67.7 Å². The fourth-order valence-electron chi connectivity index (χ4n) is 1.92. The summed E-state index contributed by atoms with van der Waals surface area (Å²) in [4.78, 5) is 9.25. The summed E-state index contributed by atoms with van der Waals surface area (Å²) >= 11 is 5.66. The van der Waals surface area contributed by atoms with Crippen molar-refractivity contribution in [1.29, 1.82) is 0 Å². The molecule has 0 aliphatic carbocycles. The Morgan fingerprint density at radius 1 is 1.33 bits per heavy atom. The summed E-state index contributed by atoms with van der Waals surface area (Å²) in [6.45, 7) is 7.02. The van der Waals surface area contributed by atoms with E-state index >= 15 is 0 Å². The minimum absolute atomic E-state index is 0.285. The first-order valence-corrected chi connectivity index (χ1v) is 8.58. The Labute approximate surface area is 146 Å². The molecule has 1 aromatic heterocycles. The molecule has 0 saturated heterocycles. The Balaban J connectivity index is 2.62. The van der Waals surface area contributed by atoms with E-state index in [1.807, 2.05) is 6.92 Å². The van der Waals surface area contributed by atoms with Gasteiger partial charge in [0.05, 0.1) is 9.26 Å². The van der Waals surface area contributed by atoms with Gasteiger partial charge in [0.25, 0.3) is 0 Å². The summed E-state index contributed by atoms with van der Waals surface area (Å²) in [7, 11) is 0. The molecule has 112 valence electrons. The number of halogens is 3. The van der Waals surface area contributed by atoms with E-state index in [1.165, 1.54) is 12.1 Å². The van der Waals surface area contributed by atoms with Gasteiger partial charge >= 0.3 is 0 Å². The number of hydrogen-bond donors (Lipinski definition) is 1. The largest absolute Gasteiger partial charge is 0.369 e. The lowest BCUT2D eigenvalue weighted by molar-refractivity contribution is 0.627. The van der Waals surface area contributed by atoms with Crippen LogP contribution in [0, 0.1) is 9.39 Å². The maximum atomic E-state index is 13.3. The van der Waals surface area contributed by atoms with Crippen molar-refractivity contribution in [3.8, 4) is 11.4 Å². The predicted octanol–water partition coefficient (Wildman–Crippen LogP) is 5.21. The van der Waals surface area contributed by atoms with E-state index < -0.39 is 0 Å². The number of nitrogens with one attached hydrogen (secondary N) is 1. The highest BCUT2D eigenvalue weighted by Gasteiger charge is 2.17. The lowest BCUT2D eigenvalue weighted by Gasteiger charge is -2.15. The van der Waals surface area contributed by atoms with Gasteiger partial charge in [-0.3, -0.25) is 0 Å². The second kappa shape index (κ2) is 7.00. The molecule has 0 amide bonds. The van der Waals surface area contributed by atoms with Gasteiger partial charge in [-0.05, 0) is 69.6 Å². The van der Waals surface area contributed by atoms with Crippen LogP contribution in [-0.4, -0.2) is 16.5 Å². The Morgan fingerprint density at radius 2 is 2.05 bits per heavy atom. The minimum atomic E-state index is -0.285. The van der Waals surface area contributed by atoms with Crippen LogP contribution in [0.15, 0.2) is 22.7 Å². The predicted molar refractivity (Wildman–Crippen MR) is 96.1 cm³/mol. The molecular formula is C15H16BrFIN3. The van der Waals surface area contributed by atoms with Crippen molar-refractivity contribution in [2.45, 2.75) is 26.7 Å². The number of rotatable bonds is 4. The molecular weight excluding hydrogens is 448 g/mol. The third kappa shape index (κ3) is 3.71. The second-order valence-corrected chi connectivity index (χ2v) is 6.84. The summed E-state index contributed by atoms with van der Waals surface area (Å²) in [6.07, 6.45) is 0. The molecule has 0 saturated carbocycles. The topological polar surface area (TPSA) is 37.8 Å². The molecule has 2 aromatic rings. The fraction of sp³-hybridized carbons (Fsp3) is 0.333. The molecule has 0 aliphatic rings. The first kappa shape index (κ1) is 16.6. The van der Waals surface area contributed by atoms with E-state index in [0.717, 1.165) is 27.2 Å². The van der Waals surface area contributed by atoms with Crippen LogP contribution in [0.1, 0.15) is 32.4 Å². The molecule has 0 spiro atoms. The highest BCUT2D eigenvalue weighted by atomic mass is 127. The molecule has 1 N–H and O–H groups in total. The zero-order chi connectivity index (χ0) is 15.6. The fourth-order valence-corrected chi connectivity index (χ4v) is 3.51. The summed E-state index contributed by atoms with van der Waals surface area (Å²) < 4.78 is 14.9. The lowest BCUT2D eigenvalue weighted by atomic mass is 10.1. The van der Waals surface area contributed by atoms with Gasteiger partial charge in [-0.25, -0.2) is 14.4 Å². The van der Waals surface area contributed by atoms with Gasteiger partial charge in [-0.15, -0.1) is 0 Å². The highest BCUT2D eigenvalue weighted by Crippen LogP contribution is 2.31. The molecule has 1 aromatic carbocycles. The van der Waals surface area contributed by atoms with Gasteiger partial charge in [-0.2, -0.15) is 0 Å². The SMILES string of the molecule is CCNc1nc(-c2ccc(F)cc2Br)nc(C(C)C)c1I. The molecule has 0 bridgehead atoms. The Bertz CT molecular complexity index is 662. The molecule has 3 nitrogen and oxygen atoms in total. The van der Waals surface area contributed by atoms with E-state index in [0.29, 0.717) is 10.3 Å². The standard InChI is InChI=1S/C15H16BrFIN3/c1-4-19-15-12(18)13(8(2)3)20-14(21-15)10-6-5-9(17)7-11(10)16/h5-8H,4H2,1-3H3,(H,19,20,21). The Hall–Kier alpha value is -0.760. The summed E-state index contributed by atoms with van der Waals surface area (Å²) in [5.74, 6) is 1.42. The van der Waals surface area contributed by atoms with E-state index in [9.17, 15) is 4.39 Å². The first-order valence-electron chi connectivity index (χ1n) is 6.70. The number of aromatic nitrogens is 2. The molecule has 0 fully saturated rings. The van der Waals surface area contributed by atoms with Crippen LogP contribution in [0.5, 0.6) is 0 Å². The third-order valence-electron chi connectivity index (χ3n) is 2.94. The van der Waals surface area contributed by atoms with Crippen molar-refractivity contribution < 1.29 is 4.39 Å². The Morgan fingerprint density at radius 3 is 2.62 bits per heavy atom. The van der Waals surface area contributed by atoms with Gasteiger partial charge in [0.2, 0.25) is 0 Å². The summed E-state index contributed by atoms with van der Waals surface area (Å²) in [6, 6.07) is 4.55. The molecule has 6 heteroatoms. The molecule has 0 radical (unpaired) electrons. The number of benzene rings is 1. The van der Waals surface area contributed by atoms with Crippen molar-refractivity contribution in [3.05, 3.63) is 37.8 Å². The van der Waals surface area contributed by atoms with Gasteiger partial charge in [0, 0.05) is 16.6 Å². The number of hydrogen-bond acceptors (Lipinski definition) is 3. The van der Waals surface area contributed by atoms with Crippen molar-refractivity contribution in [1.82, 2.24) is 9.97 Å². The first-order chi connectivity index (χ1) is 9.93. The number of anilines is 1. The van der Waals surface area contributed by atoms with E-state index in [1.54, 1.807) is 6.07 Å². The molecule has 21 heavy (non-hydrogen) atoms. The number of nitrogens with zero attached hydrogens (tertiary/aromatic N) is 2. The average Bonchev–Trinajstić information content (AvgIpc) is 2.41. The van der Waals surface area contributed by atoms with Gasteiger partial charge in [0.1, 0.15) is 11.6 Å². The maximum Gasteiger partial charge on any atom is 0.162 e. The van der Waals surface area contributed by atoms with Crippen LogP contribution in [-0.2, 0) is 0 Å². The van der Waals surface area contributed by atoms with Crippen LogP contribution in [0.2, 0.25) is 0 Å². The summed E-state index contributed by atoms with van der Waals surface area (Å²) in [5.41, 5.74) is 1.78. The zero-order valence-electron chi connectivity index (χ0n) is 12.0. The average molecular weight is 464 g/mol. The van der Waals surface area contributed by atoms with Crippen molar-refractivity contribution in [2.24, 2.45) is 0 Å². The van der Waals surface area contributed by atoms with Crippen LogP contribution in [0.3, 0.4) is 0 Å². The monoisotopic (exact) mass is 463 g/mol. The second-order valence-electron chi connectivity index (χ2n) is 4.90. The highest BCUT2D eigenvalue weighted by molar-refractivity contribution is 14.1. The molecule has 0 unspecified atom stereocenters. The third-order valence-corrected chi connectivity index (χ3v) is 4.66. The smallest absolute Gasteiger partial charge is 0.162 e.